The van der Waals surface area contributed by atoms with Crippen LogP contribution in [0, 0.1) is 0 Å². The van der Waals surface area contributed by atoms with Crippen molar-refractivity contribution in [1.82, 2.24) is 0 Å². The lowest BCUT2D eigenvalue weighted by atomic mass is 9.97. The van der Waals surface area contributed by atoms with Crippen LogP contribution in [-0.2, 0) is 42.9 Å². The van der Waals surface area contributed by atoms with E-state index in [1.165, 1.54) is 6.92 Å². The molecule has 144 valence electrons. The van der Waals surface area contributed by atoms with Crippen LogP contribution in [0.1, 0.15) is 27.7 Å². The summed E-state index contributed by atoms with van der Waals surface area (Å²) in [7, 11) is 0. The van der Waals surface area contributed by atoms with Crippen LogP contribution in [0.3, 0.4) is 0 Å². The zero-order valence-electron chi connectivity index (χ0n) is 14.6. The third-order valence-electron chi connectivity index (χ3n) is 3.15. The highest BCUT2D eigenvalue weighted by atomic mass is 32.1. The molecule has 1 saturated heterocycles. The maximum absolute atomic E-state index is 11.5. The third kappa shape index (κ3) is 6.51. The zero-order valence-corrected chi connectivity index (χ0v) is 15.4. The number of aliphatic imine (C=N–C) groups is 1. The minimum Gasteiger partial charge on any atom is -0.463 e. The predicted octanol–water partition coefficient (Wildman–Crippen LogP) is 0.172. The van der Waals surface area contributed by atoms with E-state index in [1.807, 2.05) is 0 Å². The summed E-state index contributed by atoms with van der Waals surface area (Å²) in [5, 5.41) is 2.09. The summed E-state index contributed by atoms with van der Waals surface area (Å²) in [6.07, 6.45) is -5.96. The molecule has 26 heavy (non-hydrogen) atoms. The normalized spacial score (nSPS) is 27.5. The van der Waals surface area contributed by atoms with Gasteiger partial charge in [0.1, 0.15) is 12.7 Å². The number of isothiocyanates is 1. The molecular weight excluding hydrogens is 370 g/mol. The highest BCUT2D eigenvalue weighted by Crippen LogP contribution is 2.29. The number of carbonyl (C=O) groups is 4. The smallest absolute Gasteiger partial charge is 0.303 e. The number of carbonyl (C=O) groups excluding carboxylic acids is 4. The van der Waals surface area contributed by atoms with E-state index >= 15 is 0 Å². The Bertz CT molecular complexity index is 616. The van der Waals surface area contributed by atoms with Crippen LogP contribution in [0.15, 0.2) is 4.99 Å². The summed E-state index contributed by atoms with van der Waals surface area (Å²) in [5.74, 6) is -2.74. The van der Waals surface area contributed by atoms with E-state index in [4.69, 9.17) is 23.7 Å². The van der Waals surface area contributed by atoms with Crippen molar-refractivity contribution in [2.75, 3.05) is 6.61 Å². The van der Waals surface area contributed by atoms with Crippen molar-refractivity contribution in [1.29, 1.82) is 0 Å². The summed E-state index contributed by atoms with van der Waals surface area (Å²) in [5.41, 5.74) is 0. The average Bonchev–Trinajstić information content (AvgIpc) is 2.50. The summed E-state index contributed by atoms with van der Waals surface area (Å²) >= 11 is 4.55. The van der Waals surface area contributed by atoms with E-state index in [2.05, 4.69) is 22.4 Å². The molecule has 11 heteroatoms. The molecule has 0 amide bonds. The van der Waals surface area contributed by atoms with Gasteiger partial charge in [0.05, 0.1) is 5.16 Å². The van der Waals surface area contributed by atoms with Crippen molar-refractivity contribution < 1.29 is 42.9 Å². The molecule has 0 radical (unpaired) electrons. The van der Waals surface area contributed by atoms with Gasteiger partial charge in [-0.15, -0.1) is 0 Å². The number of ether oxygens (including phenoxy) is 5. The first-order valence-corrected chi connectivity index (χ1v) is 7.94. The number of nitrogens with zero attached hydrogens (tertiary/aromatic N) is 1. The topological polar surface area (TPSA) is 127 Å². The maximum atomic E-state index is 11.5. The van der Waals surface area contributed by atoms with Crippen molar-refractivity contribution in [2.45, 2.75) is 58.3 Å². The molecule has 1 fully saturated rings. The first kappa shape index (κ1) is 21.7. The largest absolute Gasteiger partial charge is 0.463 e. The van der Waals surface area contributed by atoms with Gasteiger partial charge in [-0.1, -0.05) is 0 Å². The molecule has 1 aliphatic rings. The highest BCUT2D eigenvalue weighted by molar-refractivity contribution is 7.78. The van der Waals surface area contributed by atoms with Gasteiger partial charge in [-0.2, -0.15) is 4.99 Å². The Balaban J connectivity index is 3.28. The summed E-state index contributed by atoms with van der Waals surface area (Å²) in [6.45, 7) is 4.26. The van der Waals surface area contributed by atoms with Gasteiger partial charge in [-0.05, 0) is 12.2 Å². The van der Waals surface area contributed by atoms with Gasteiger partial charge in [0.2, 0.25) is 0 Å². The van der Waals surface area contributed by atoms with Gasteiger partial charge < -0.3 is 23.7 Å². The van der Waals surface area contributed by atoms with Crippen LogP contribution in [0.2, 0.25) is 0 Å². The standard InChI is InChI=1S/C15H19NO9S/c1-7(17)21-5-11-12(22-8(2)18)13(23-9(3)19)14(24-10(4)20)15(25-11)16-6-26/h11-15H,5H2,1-4H3/t11-,12-,13-,14+,15-/m0/s1. The Hall–Kier alpha value is -2.36. The predicted molar refractivity (Wildman–Crippen MR) is 87.0 cm³/mol. The lowest BCUT2D eigenvalue weighted by molar-refractivity contribution is -0.250. The number of esters is 4. The Morgan fingerprint density at radius 1 is 0.885 bits per heavy atom. The van der Waals surface area contributed by atoms with Crippen molar-refractivity contribution in [3.05, 3.63) is 0 Å². The monoisotopic (exact) mass is 389 g/mol. The molecular formula is C15H19NO9S. The van der Waals surface area contributed by atoms with Gasteiger partial charge in [-0.3, -0.25) is 19.2 Å². The van der Waals surface area contributed by atoms with Gasteiger partial charge in [0, 0.05) is 27.7 Å². The molecule has 1 heterocycles. The lowest BCUT2D eigenvalue weighted by Crippen LogP contribution is -2.61. The molecule has 0 bridgehead atoms. The number of hydrogen-bond acceptors (Lipinski definition) is 11. The van der Waals surface area contributed by atoms with E-state index in [9.17, 15) is 19.2 Å². The van der Waals surface area contributed by atoms with Crippen molar-refractivity contribution in [2.24, 2.45) is 4.99 Å². The Labute approximate surface area is 154 Å². The molecule has 0 N–H and O–H groups in total. The van der Waals surface area contributed by atoms with Crippen LogP contribution in [0.25, 0.3) is 0 Å². The SMILES string of the molecule is CC(=O)OC[C@@H]1O[C@H](N=C=S)[C@H](OC(C)=O)[C@@H](OC(C)=O)[C@H]1OC(C)=O. The number of hydrogen-bond donors (Lipinski definition) is 0. The molecule has 1 aliphatic heterocycles. The molecule has 0 saturated carbocycles. The molecule has 0 unspecified atom stereocenters. The molecule has 10 nitrogen and oxygen atoms in total. The molecule has 5 atom stereocenters. The second kappa shape index (κ2) is 9.95. The van der Waals surface area contributed by atoms with Crippen molar-refractivity contribution in [3.8, 4) is 0 Å². The van der Waals surface area contributed by atoms with Crippen LogP contribution in [0.5, 0.6) is 0 Å². The third-order valence-corrected chi connectivity index (χ3v) is 3.25. The minimum atomic E-state index is -1.26. The van der Waals surface area contributed by atoms with Crippen molar-refractivity contribution >= 4 is 41.3 Å². The summed E-state index contributed by atoms with van der Waals surface area (Å²) in [6, 6.07) is 0. The van der Waals surface area contributed by atoms with Gasteiger partial charge in [-0.25, -0.2) is 0 Å². The highest BCUT2D eigenvalue weighted by Gasteiger charge is 2.52. The Morgan fingerprint density at radius 3 is 1.85 bits per heavy atom. The fourth-order valence-corrected chi connectivity index (χ4v) is 2.47. The Morgan fingerprint density at radius 2 is 1.38 bits per heavy atom. The molecule has 1 rings (SSSR count). The summed E-state index contributed by atoms with van der Waals surface area (Å²) in [4.78, 5) is 49.3. The molecule has 0 spiro atoms. The summed E-state index contributed by atoms with van der Waals surface area (Å²) < 4.78 is 26.0. The van der Waals surface area contributed by atoms with E-state index in [-0.39, 0.29) is 6.61 Å². The Kier molecular flexibility index (Phi) is 8.30. The number of rotatable bonds is 6. The first-order valence-electron chi connectivity index (χ1n) is 7.53. The van der Waals surface area contributed by atoms with E-state index in [1.54, 1.807) is 0 Å². The lowest BCUT2D eigenvalue weighted by Gasteiger charge is -2.42. The fourth-order valence-electron chi connectivity index (χ4n) is 2.36. The van der Waals surface area contributed by atoms with Crippen LogP contribution in [-0.4, -0.2) is 66.3 Å². The molecule has 0 aromatic heterocycles. The van der Waals surface area contributed by atoms with E-state index in [0.29, 0.717) is 0 Å². The minimum absolute atomic E-state index is 0.318. The van der Waals surface area contributed by atoms with Gasteiger partial charge >= 0.3 is 23.9 Å². The zero-order chi connectivity index (χ0) is 19.9. The van der Waals surface area contributed by atoms with Crippen LogP contribution in [0.4, 0.5) is 0 Å². The van der Waals surface area contributed by atoms with Gasteiger partial charge in [0.15, 0.2) is 24.5 Å². The van der Waals surface area contributed by atoms with E-state index in [0.717, 1.165) is 20.8 Å². The van der Waals surface area contributed by atoms with Crippen LogP contribution >= 0.6 is 12.2 Å². The quantitative estimate of drug-likeness (QED) is 0.268. The fraction of sp³-hybridized carbons (Fsp3) is 0.667. The second-order valence-electron chi connectivity index (χ2n) is 5.31. The molecule has 0 aromatic carbocycles. The van der Waals surface area contributed by atoms with Crippen LogP contribution < -0.4 is 0 Å². The maximum Gasteiger partial charge on any atom is 0.303 e. The average molecular weight is 389 g/mol. The van der Waals surface area contributed by atoms with Crippen molar-refractivity contribution in [3.63, 3.8) is 0 Å². The van der Waals surface area contributed by atoms with E-state index < -0.39 is 54.5 Å². The number of thiocarbonyl (C=S) groups is 1. The second-order valence-corrected chi connectivity index (χ2v) is 5.49. The molecule has 0 aromatic rings. The van der Waals surface area contributed by atoms with Gasteiger partial charge in [0.25, 0.3) is 0 Å². The molecule has 0 aliphatic carbocycles. The first-order chi connectivity index (χ1) is 12.1.